The van der Waals surface area contributed by atoms with E-state index in [1.807, 2.05) is 37.3 Å². The van der Waals surface area contributed by atoms with Crippen molar-refractivity contribution in [2.45, 2.75) is 19.4 Å². The Hall–Kier alpha value is -1.71. The number of likely N-dealkylation sites (N-methyl/N-ethyl adjacent to an activating group) is 1. The lowest BCUT2D eigenvalue weighted by Crippen LogP contribution is -2.34. The van der Waals surface area contributed by atoms with Gasteiger partial charge in [-0.3, -0.25) is 4.79 Å². The third kappa shape index (κ3) is 3.50. The first-order valence-electron chi connectivity index (χ1n) is 4.92. The molecule has 0 fully saturated rings. The second kappa shape index (κ2) is 5.90. The number of hydrogen-bond acceptors (Lipinski definition) is 3. The number of benzene rings is 1. The van der Waals surface area contributed by atoms with Gasteiger partial charge in [-0.15, -0.1) is 4.91 Å². The molecule has 0 saturated heterocycles. The van der Waals surface area contributed by atoms with Gasteiger partial charge in [-0.05, 0) is 12.5 Å². The highest BCUT2D eigenvalue weighted by atomic mass is 16.3. The molecule has 4 nitrogen and oxygen atoms in total. The van der Waals surface area contributed by atoms with Crippen LogP contribution in [-0.4, -0.2) is 18.5 Å². The number of rotatable bonds is 5. The second-order valence-electron chi connectivity index (χ2n) is 3.21. The Morgan fingerprint density at radius 1 is 1.40 bits per heavy atom. The molecule has 1 aromatic carbocycles. The predicted molar refractivity (Wildman–Crippen MR) is 58.4 cm³/mol. The van der Waals surface area contributed by atoms with E-state index in [4.69, 9.17) is 0 Å². The maximum Gasteiger partial charge on any atom is 0.248 e. The molecule has 1 aromatic rings. The van der Waals surface area contributed by atoms with E-state index in [1.165, 1.54) is 0 Å². The molecule has 0 spiro atoms. The van der Waals surface area contributed by atoms with E-state index in [1.54, 1.807) is 0 Å². The molecular weight excluding hydrogens is 192 g/mol. The Morgan fingerprint density at radius 2 is 2.07 bits per heavy atom. The number of nitrogens with zero attached hydrogens (tertiary/aromatic N) is 1. The van der Waals surface area contributed by atoms with Gasteiger partial charge < -0.3 is 5.32 Å². The fraction of sp³-hybridized carbons (Fsp3) is 0.364. The minimum atomic E-state index is -0.827. The molecule has 1 unspecified atom stereocenters. The van der Waals surface area contributed by atoms with Gasteiger partial charge in [0.2, 0.25) is 5.91 Å². The van der Waals surface area contributed by atoms with Crippen molar-refractivity contribution >= 4 is 5.91 Å². The summed E-state index contributed by atoms with van der Waals surface area (Å²) in [5.74, 6) is -0.309. The van der Waals surface area contributed by atoms with Gasteiger partial charge >= 0.3 is 0 Å². The van der Waals surface area contributed by atoms with Crippen molar-refractivity contribution in [2.24, 2.45) is 5.18 Å². The molecule has 0 radical (unpaired) electrons. The third-order valence-electron chi connectivity index (χ3n) is 2.05. The average Bonchev–Trinajstić information content (AvgIpc) is 2.27. The number of amides is 1. The average molecular weight is 206 g/mol. The van der Waals surface area contributed by atoms with Crippen molar-refractivity contribution in [3.63, 3.8) is 0 Å². The highest BCUT2D eigenvalue weighted by Gasteiger charge is 2.18. The summed E-state index contributed by atoms with van der Waals surface area (Å²) in [5.41, 5.74) is 0.938. The smallest absolute Gasteiger partial charge is 0.248 e. The molecule has 0 aliphatic heterocycles. The SMILES string of the molecule is CCNC(=O)C(Cc1ccccc1)N=O. The molecule has 1 atom stereocenters. The Bertz CT molecular complexity index is 325. The Balaban J connectivity index is 2.62. The molecule has 0 aliphatic carbocycles. The van der Waals surface area contributed by atoms with Crippen molar-refractivity contribution in [2.75, 3.05) is 6.54 Å². The minimum absolute atomic E-state index is 0.309. The molecule has 4 heteroatoms. The molecule has 80 valence electrons. The standard InChI is InChI=1S/C11H14N2O2/c1-2-12-11(14)10(13-15)8-9-6-4-3-5-7-9/h3-7,10H,2,8H2,1H3,(H,12,14). The van der Waals surface area contributed by atoms with Crippen LogP contribution in [0.4, 0.5) is 0 Å². The summed E-state index contributed by atoms with van der Waals surface area (Å²) >= 11 is 0. The van der Waals surface area contributed by atoms with Crippen LogP contribution < -0.4 is 5.32 Å². The lowest BCUT2D eigenvalue weighted by atomic mass is 10.1. The lowest BCUT2D eigenvalue weighted by molar-refractivity contribution is -0.122. The lowest BCUT2D eigenvalue weighted by Gasteiger charge is -2.08. The molecule has 1 amide bonds. The Morgan fingerprint density at radius 3 is 2.60 bits per heavy atom. The van der Waals surface area contributed by atoms with Crippen LogP contribution in [0.5, 0.6) is 0 Å². The zero-order chi connectivity index (χ0) is 11.1. The molecule has 15 heavy (non-hydrogen) atoms. The molecule has 0 heterocycles. The highest BCUT2D eigenvalue weighted by Crippen LogP contribution is 2.05. The maximum absolute atomic E-state index is 11.4. The van der Waals surface area contributed by atoms with Gasteiger partial charge in [0.25, 0.3) is 0 Å². The minimum Gasteiger partial charge on any atom is -0.354 e. The van der Waals surface area contributed by atoms with E-state index in [0.29, 0.717) is 13.0 Å². The van der Waals surface area contributed by atoms with Crippen LogP contribution in [0.25, 0.3) is 0 Å². The van der Waals surface area contributed by atoms with Gasteiger partial charge in [-0.25, -0.2) is 0 Å². The predicted octanol–water partition coefficient (Wildman–Crippen LogP) is 1.50. The van der Waals surface area contributed by atoms with Gasteiger partial charge in [-0.2, -0.15) is 0 Å². The highest BCUT2D eigenvalue weighted by molar-refractivity contribution is 5.82. The Kier molecular flexibility index (Phi) is 4.47. The second-order valence-corrected chi connectivity index (χ2v) is 3.21. The van der Waals surface area contributed by atoms with Crippen molar-refractivity contribution in [1.29, 1.82) is 0 Å². The van der Waals surface area contributed by atoms with Crippen molar-refractivity contribution in [3.05, 3.63) is 40.8 Å². The van der Waals surface area contributed by atoms with Gasteiger partial charge in [0.15, 0.2) is 6.04 Å². The topological polar surface area (TPSA) is 58.5 Å². The molecular formula is C11H14N2O2. The summed E-state index contributed by atoms with van der Waals surface area (Å²) in [6.07, 6.45) is 0.357. The van der Waals surface area contributed by atoms with Crippen LogP contribution in [0.3, 0.4) is 0 Å². The zero-order valence-corrected chi connectivity index (χ0v) is 8.64. The number of nitroso groups, excluding NO2 is 1. The number of carbonyl (C=O) groups is 1. The maximum atomic E-state index is 11.4. The van der Waals surface area contributed by atoms with Crippen LogP contribution in [0, 0.1) is 4.91 Å². The zero-order valence-electron chi connectivity index (χ0n) is 8.64. The van der Waals surface area contributed by atoms with E-state index < -0.39 is 6.04 Å². The fourth-order valence-corrected chi connectivity index (χ4v) is 1.31. The van der Waals surface area contributed by atoms with E-state index in [0.717, 1.165) is 5.56 Å². The number of nitrogens with one attached hydrogen (secondary N) is 1. The molecule has 1 rings (SSSR count). The van der Waals surface area contributed by atoms with E-state index in [2.05, 4.69) is 10.5 Å². The summed E-state index contributed by atoms with van der Waals surface area (Å²) in [4.78, 5) is 21.9. The van der Waals surface area contributed by atoms with E-state index in [-0.39, 0.29) is 5.91 Å². The summed E-state index contributed by atoms with van der Waals surface area (Å²) in [6.45, 7) is 2.32. The number of hydrogen-bond donors (Lipinski definition) is 1. The molecule has 0 aliphatic rings. The van der Waals surface area contributed by atoms with Gasteiger partial charge in [0.05, 0.1) is 0 Å². The van der Waals surface area contributed by atoms with E-state index >= 15 is 0 Å². The van der Waals surface area contributed by atoms with Gasteiger partial charge in [0, 0.05) is 13.0 Å². The molecule has 0 aromatic heterocycles. The van der Waals surface area contributed by atoms with Crippen LogP contribution in [0.1, 0.15) is 12.5 Å². The van der Waals surface area contributed by atoms with Crippen molar-refractivity contribution in [3.8, 4) is 0 Å². The van der Waals surface area contributed by atoms with Crippen LogP contribution in [-0.2, 0) is 11.2 Å². The third-order valence-corrected chi connectivity index (χ3v) is 2.05. The fourth-order valence-electron chi connectivity index (χ4n) is 1.31. The molecule has 0 saturated carbocycles. The van der Waals surface area contributed by atoms with Crippen molar-refractivity contribution < 1.29 is 4.79 Å². The monoisotopic (exact) mass is 206 g/mol. The summed E-state index contributed by atoms with van der Waals surface area (Å²) in [7, 11) is 0. The van der Waals surface area contributed by atoms with Crippen molar-refractivity contribution in [1.82, 2.24) is 5.32 Å². The first-order valence-corrected chi connectivity index (χ1v) is 4.92. The largest absolute Gasteiger partial charge is 0.354 e. The van der Waals surface area contributed by atoms with Gasteiger partial charge in [0.1, 0.15) is 0 Å². The first-order chi connectivity index (χ1) is 7.27. The Labute approximate surface area is 88.7 Å². The normalized spacial score (nSPS) is 11.8. The quantitative estimate of drug-likeness (QED) is 0.742. The van der Waals surface area contributed by atoms with Gasteiger partial charge in [-0.1, -0.05) is 35.5 Å². The van der Waals surface area contributed by atoms with Crippen LogP contribution in [0.15, 0.2) is 35.5 Å². The first kappa shape index (κ1) is 11.4. The summed E-state index contributed by atoms with van der Waals surface area (Å²) in [6, 6.07) is 8.55. The summed E-state index contributed by atoms with van der Waals surface area (Å²) in [5, 5.41) is 5.42. The van der Waals surface area contributed by atoms with E-state index in [9.17, 15) is 9.70 Å². The summed E-state index contributed by atoms with van der Waals surface area (Å²) < 4.78 is 0. The van der Waals surface area contributed by atoms with Crippen LogP contribution in [0.2, 0.25) is 0 Å². The molecule has 0 bridgehead atoms. The van der Waals surface area contributed by atoms with Crippen LogP contribution >= 0.6 is 0 Å². The molecule has 1 N–H and O–H groups in total. The number of carbonyl (C=O) groups excluding carboxylic acids is 1.